The molecular weight excluding hydrogens is 388 g/mol. The minimum Gasteiger partial charge on any atom is -0.481 e. The zero-order valence-electron chi connectivity index (χ0n) is 18.0. The quantitative estimate of drug-likeness (QED) is 0.385. The molecule has 3 aliphatic heterocycles. The van der Waals surface area contributed by atoms with Gasteiger partial charge in [0.2, 0.25) is 11.8 Å². The first-order chi connectivity index (χ1) is 14.4. The minimum atomic E-state index is -1.13. The van der Waals surface area contributed by atoms with Crippen LogP contribution < -0.4 is 0 Å². The molecule has 0 aromatic rings. The number of aliphatic hydroxyl groups excluding tert-OH is 1. The molecule has 6 atom stereocenters. The van der Waals surface area contributed by atoms with Crippen LogP contribution in [0.4, 0.5) is 0 Å². The molecule has 168 valence electrons. The molecule has 2 N–H and O–H groups in total. The van der Waals surface area contributed by atoms with Gasteiger partial charge in [-0.25, -0.2) is 0 Å². The second-order valence-electron chi connectivity index (χ2n) is 8.66. The number of fused-ring (bicyclic) bond motifs is 1. The molecule has 0 aromatic carbocycles. The molecule has 2 bridgehead atoms. The van der Waals surface area contributed by atoms with Crippen molar-refractivity contribution in [2.24, 2.45) is 11.8 Å². The Morgan fingerprint density at radius 3 is 2.70 bits per heavy atom. The molecule has 3 heterocycles. The number of carbonyl (C=O) groups is 3. The Morgan fingerprint density at radius 2 is 2.13 bits per heavy atom. The molecule has 3 rings (SSSR count). The van der Waals surface area contributed by atoms with Crippen LogP contribution in [-0.2, 0) is 19.1 Å². The molecule has 0 aliphatic carbocycles. The van der Waals surface area contributed by atoms with Gasteiger partial charge in [0.25, 0.3) is 0 Å². The molecule has 0 saturated carbocycles. The topological polar surface area (TPSA) is 107 Å². The number of rotatable bonds is 11. The molecule has 2 unspecified atom stereocenters. The van der Waals surface area contributed by atoms with Gasteiger partial charge < -0.3 is 24.7 Å². The fraction of sp³-hybridized carbons (Fsp3) is 0.773. The summed E-state index contributed by atoms with van der Waals surface area (Å²) in [5.74, 6) is -3.51. The first-order valence-electron chi connectivity index (χ1n) is 11.1. The Bertz CT molecular complexity index is 693. The van der Waals surface area contributed by atoms with Crippen molar-refractivity contribution in [3.05, 3.63) is 12.7 Å². The maximum Gasteiger partial charge on any atom is 0.310 e. The summed E-state index contributed by atoms with van der Waals surface area (Å²) in [4.78, 5) is 42.4. The highest BCUT2D eigenvalue weighted by atomic mass is 16.5. The van der Waals surface area contributed by atoms with Gasteiger partial charge in [-0.15, -0.1) is 6.58 Å². The summed E-state index contributed by atoms with van der Waals surface area (Å²) >= 11 is 0. The lowest BCUT2D eigenvalue weighted by atomic mass is 9.70. The van der Waals surface area contributed by atoms with E-state index in [9.17, 15) is 24.6 Å². The number of hydrogen-bond donors (Lipinski definition) is 2. The maximum absolute atomic E-state index is 13.8. The average Bonchev–Trinajstić information content (AvgIpc) is 3.36. The summed E-state index contributed by atoms with van der Waals surface area (Å²) in [6.45, 7) is 8.30. The van der Waals surface area contributed by atoms with Gasteiger partial charge in [-0.3, -0.25) is 14.4 Å². The Hall–Kier alpha value is -1.93. The van der Waals surface area contributed by atoms with Crippen LogP contribution in [0.25, 0.3) is 0 Å². The van der Waals surface area contributed by atoms with E-state index in [4.69, 9.17) is 4.74 Å². The predicted molar refractivity (Wildman–Crippen MR) is 110 cm³/mol. The molecular formula is C22H34N2O6. The van der Waals surface area contributed by atoms with E-state index in [2.05, 4.69) is 13.5 Å². The number of amides is 2. The number of aliphatic carboxylic acids is 1. The number of ether oxygens (including phenoxy) is 1. The smallest absolute Gasteiger partial charge is 0.310 e. The van der Waals surface area contributed by atoms with E-state index >= 15 is 0 Å². The van der Waals surface area contributed by atoms with Crippen LogP contribution in [0.1, 0.15) is 52.4 Å². The zero-order valence-corrected chi connectivity index (χ0v) is 18.0. The van der Waals surface area contributed by atoms with Gasteiger partial charge in [0.1, 0.15) is 11.6 Å². The highest BCUT2D eigenvalue weighted by Crippen LogP contribution is 2.59. The largest absolute Gasteiger partial charge is 0.481 e. The van der Waals surface area contributed by atoms with Crippen molar-refractivity contribution in [1.29, 1.82) is 0 Å². The van der Waals surface area contributed by atoms with E-state index < -0.39 is 41.6 Å². The van der Waals surface area contributed by atoms with Gasteiger partial charge in [-0.05, 0) is 25.7 Å². The molecule has 8 heteroatoms. The lowest BCUT2D eigenvalue weighted by Crippen LogP contribution is -2.58. The number of unbranched alkanes of at least 4 members (excludes halogenated alkanes) is 2. The SMILES string of the molecule is C=CCN(CCCCC)C(=O)C1N([C@@H](CC)CO)C(=O)[C@@H]2[C@H](C(=O)O)[C@@H]3CCC12O3. The Balaban J connectivity index is 2.01. The summed E-state index contributed by atoms with van der Waals surface area (Å²) in [5, 5.41) is 19.7. The molecule has 3 fully saturated rings. The highest BCUT2D eigenvalue weighted by molar-refractivity contribution is 5.98. The van der Waals surface area contributed by atoms with Crippen LogP contribution in [0.5, 0.6) is 0 Å². The number of likely N-dealkylation sites (tertiary alicyclic amines) is 1. The summed E-state index contributed by atoms with van der Waals surface area (Å²) in [5.41, 5.74) is -1.13. The van der Waals surface area contributed by atoms with Crippen LogP contribution in [-0.4, -0.2) is 81.3 Å². The summed E-state index contributed by atoms with van der Waals surface area (Å²) in [7, 11) is 0. The second kappa shape index (κ2) is 9.06. The average molecular weight is 423 g/mol. The third-order valence-electron chi connectivity index (χ3n) is 7.03. The minimum absolute atomic E-state index is 0.236. The van der Waals surface area contributed by atoms with Crippen molar-refractivity contribution >= 4 is 17.8 Å². The predicted octanol–water partition coefficient (Wildman–Crippen LogP) is 1.42. The van der Waals surface area contributed by atoms with Crippen LogP contribution in [0.2, 0.25) is 0 Å². The molecule has 1 spiro atoms. The molecule has 3 aliphatic rings. The zero-order chi connectivity index (χ0) is 22.1. The van der Waals surface area contributed by atoms with Gasteiger partial charge in [0.15, 0.2) is 0 Å². The third kappa shape index (κ3) is 3.43. The lowest BCUT2D eigenvalue weighted by molar-refractivity contribution is -0.153. The van der Waals surface area contributed by atoms with E-state index in [1.54, 1.807) is 11.0 Å². The van der Waals surface area contributed by atoms with E-state index in [1.165, 1.54) is 4.90 Å². The van der Waals surface area contributed by atoms with Crippen molar-refractivity contribution in [2.45, 2.75) is 76.2 Å². The third-order valence-corrected chi connectivity index (χ3v) is 7.03. The number of hydrogen-bond acceptors (Lipinski definition) is 5. The Labute approximate surface area is 177 Å². The monoisotopic (exact) mass is 422 g/mol. The fourth-order valence-electron chi connectivity index (χ4n) is 5.63. The normalized spacial score (nSPS) is 32.9. The number of carboxylic acids is 1. The van der Waals surface area contributed by atoms with Gasteiger partial charge >= 0.3 is 5.97 Å². The van der Waals surface area contributed by atoms with E-state index in [0.717, 1.165) is 19.3 Å². The molecule has 2 amide bonds. The summed E-state index contributed by atoms with van der Waals surface area (Å²) < 4.78 is 6.19. The number of nitrogens with zero attached hydrogens (tertiary/aromatic N) is 2. The number of carboxylic acid groups (broad SMARTS) is 1. The van der Waals surface area contributed by atoms with Gasteiger partial charge in [-0.1, -0.05) is 32.8 Å². The first kappa shape index (κ1) is 22.7. The van der Waals surface area contributed by atoms with E-state index in [1.807, 2.05) is 6.92 Å². The number of aliphatic hydroxyl groups is 1. The molecule has 3 saturated heterocycles. The Morgan fingerprint density at radius 1 is 1.40 bits per heavy atom. The van der Waals surface area contributed by atoms with Crippen LogP contribution in [0, 0.1) is 11.8 Å². The van der Waals surface area contributed by atoms with Crippen molar-refractivity contribution in [3.8, 4) is 0 Å². The van der Waals surface area contributed by atoms with Crippen LogP contribution in [0.15, 0.2) is 12.7 Å². The molecule has 0 aromatic heterocycles. The van der Waals surface area contributed by atoms with Gasteiger partial charge in [-0.2, -0.15) is 0 Å². The fourth-order valence-corrected chi connectivity index (χ4v) is 5.63. The second-order valence-corrected chi connectivity index (χ2v) is 8.66. The summed E-state index contributed by atoms with van der Waals surface area (Å²) in [6, 6.07) is -1.47. The van der Waals surface area contributed by atoms with E-state index in [0.29, 0.717) is 32.4 Å². The van der Waals surface area contributed by atoms with Gasteiger partial charge in [0.05, 0.1) is 30.6 Å². The highest BCUT2D eigenvalue weighted by Gasteiger charge is 2.75. The maximum atomic E-state index is 13.8. The molecule has 8 nitrogen and oxygen atoms in total. The molecule has 0 radical (unpaired) electrons. The number of carbonyl (C=O) groups excluding carboxylic acids is 2. The van der Waals surface area contributed by atoms with Gasteiger partial charge in [0, 0.05) is 13.1 Å². The lowest BCUT2D eigenvalue weighted by Gasteiger charge is -2.39. The summed E-state index contributed by atoms with van der Waals surface area (Å²) in [6.07, 6.45) is 5.42. The Kier molecular flexibility index (Phi) is 6.87. The first-order valence-corrected chi connectivity index (χ1v) is 11.1. The van der Waals surface area contributed by atoms with Crippen molar-refractivity contribution in [3.63, 3.8) is 0 Å². The van der Waals surface area contributed by atoms with Crippen molar-refractivity contribution in [1.82, 2.24) is 9.80 Å². The van der Waals surface area contributed by atoms with Crippen molar-refractivity contribution < 1.29 is 29.3 Å². The van der Waals surface area contributed by atoms with Crippen LogP contribution >= 0.6 is 0 Å². The standard InChI is InChI=1S/C22H34N2O6/c1-4-7-8-12-23(11-5-2)20(27)18-22-10-9-15(30-22)16(21(28)29)17(22)19(26)24(18)14(6-3)13-25/h5,14-18,25H,2,4,6-13H2,1,3H3,(H,28,29)/t14-,15-,16+,17-,18?,22?/m0/s1. The van der Waals surface area contributed by atoms with Crippen LogP contribution in [0.3, 0.4) is 0 Å². The van der Waals surface area contributed by atoms with Crippen molar-refractivity contribution in [2.75, 3.05) is 19.7 Å². The van der Waals surface area contributed by atoms with E-state index in [-0.39, 0.29) is 18.4 Å². The molecule has 30 heavy (non-hydrogen) atoms.